The first-order valence-corrected chi connectivity index (χ1v) is 9.55. The van der Waals surface area contributed by atoms with E-state index in [0.29, 0.717) is 18.2 Å². The molecule has 2 aromatic carbocycles. The Kier molecular flexibility index (Phi) is 4.55. The minimum absolute atomic E-state index is 0.526. The Morgan fingerprint density at radius 2 is 1.71 bits per heavy atom. The smallest absolute Gasteiger partial charge is 0.151 e. The van der Waals surface area contributed by atoms with Crippen LogP contribution in [0, 0.1) is 27.7 Å². The lowest BCUT2D eigenvalue weighted by Gasteiger charge is -2.15. The highest BCUT2D eigenvalue weighted by atomic mass is 16.5. The molecule has 5 heteroatoms. The normalized spacial score (nSPS) is 11.6. The van der Waals surface area contributed by atoms with Crippen molar-refractivity contribution >= 4 is 27.8 Å². The number of hydrogen-bond donors (Lipinski definition) is 1. The molecule has 0 aliphatic rings. The summed E-state index contributed by atoms with van der Waals surface area (Å²) in [7, 11) is 1.73. The standard InChI is InChI=1S/C23H26N4O/c1-13-11-14(2)21(15(3)12-13)27-18-8-6-7-17(9-10-28-5)19(18)20-22(24)25-16(4)26-23(20)27/h6-8,11-12H,9-10H2,1-5H3,(H2,24,25,26). The summed E-state index contributed by atoms with van der Waals surface area (Å²) >= 11 is 0. The molecule has 2 heterocycles. The summed E-state index contributed by atoms with van der Waals surface area (Å²) < 4.78 is 7.58. The molecule has 4 rings (SSSR count). The van der Waals surface area contributed by atoms with Gasteiger partial charge in [0, 0.05) is 12.5 Å². The molecule has 5 nitrogen and oxygen atoms in total. The van der Waals surface area contributed by atoms with Gasteiger partial charge in [0.2, 0.25) is 0 Å². The molecular formula is C23H26N4O. The van der Waals surface area contributed by atoms with Gasteiger partial charge in [0.25, 0.3) is 0 Å². The molecule has 0 radical (unpaired) electrons. The quantitative estimate of drug-likeness (QED) is 0.568. The fraction of sp³-hybridized carbons (Fsp3) is 0.304. The summed E-state index contributed by atoms with van der Waals surface area (Å²) in [4.78, 5) is 9.28. The highest BCUT2D eigenvalue weighted by Gasteiger charge is 2.21. The molecule has 0 fully saturated rings. The molecule has 0 spiro atoms. The van der Waals surface area contributed by atoms with Crippen LogP contribution in [0.4, 0.5) is 5.82 Å². The van der Waals surface area contributed by atoms with Crippen molar-refractivity contribution in [3.63, 3.8) is 0 Å². The van der Waals surface area contributed by atoms with E-state index in [2.05, 4.69) is 60.7 Å². The maximum atomic E-state index is 6.42. The molecule has 28 heavy (non-hydrogen) atoms. The molecule has 0 atom stereocenters. The van der Waals surface area contributed by atoms with E-state index in [1.807, 2.05) is 6.92 Å². The first kappa shape index (κ1) is 18.4. The SMILES string of the molecule is COCCc1cccc2c1c1c(N)nc(C)nc1n2-c1c(C)cc(C)cc1C. The average molecular weight is 374 g/mol. The lowest BCUT2D eigenvalue weighted by Crippen LogP contribution is -2.04. The molecule has 2 N–H and O–H groups in total. The summed E-state index contributed by atoms with van der Waals surface area (Å²) in [6, 6.07) is 10.8. The largest absolute Gasteiger partial charge is 0.384 e. The Labute approximate surface area is 165 Å². The highest BCUT2D eigenvalue weighted by Crippen LogP contribution is 2.37. The van der Waals surface area contributed by atoms with Gasteiger partial charge in [-0.05, 0) is 56.9 Å². The van der Waals surface area contributed by atoms with Gasteiger partial charge in [-0.25, -0.2) is 9.97 Å². The van der Waals surface area contributed by atoms with Crippen LogP contribution >= 0.6 is 0 Å². The maximum Gasteiger partial charge on any atom is 0.151 e. The van der Waals surface area contributed by atoms with Crippen molar-refractivity contribution in [1.29, 1.82) is 0 Å². The number of benzene rings is 2. The summed E-state index contributed by atoms with van der Waals surface area (Å²) in [5.74, 6) is 1.20. The number of rotatable bonds is 4. The first-order valence-electron chi connectivity index (χ1n) is 9.55. The first-order chi connectivity index (χ1) is 13.4. The Morgan fingerprint density at radius 3 is 2.39 bits per heavy atom. The number of fused-ring (bicyclic) bond motifs is 3. The Bertz CT molecular complexity index is 1180. The zero-order chi connectivity index (χ0) is 20.0. The molecule has 0 saturated heterocycles. The van der Waals surface area contributed by atoms with Crippen LogP contribution in [-0.4, -0.2) is 28.3 Å². The van der Waals surface area contributed by atoms with E-state index in [0.717, 1.165) is 34.0 Å². The van der Waals surface area contributed by atoms with Crippen LogP contribution in [0.25, 0.3) is 27.6 Å². The van der Waals surface area contributed by atoms with Crippen molar-refractivity contribution in [2.24, 2.45) is 0 Å². The van der Waals surface area contributed by atoms with Crippen LogP contribution in [-0.2, 0) is 11.2 Å². The molecule has 0 unspecified atom stereocenters. The van der Waals surface area contributed by atoms with E-state index < -0.39 is 0 Å². The van der Waals surface area contributed by atoms with E-state index in [1.165, 1.54) is 22.3 Å². The van der Waals surface area contributed by atoms with Crippen molar-refractivity contribution in [3.8, 4) is 5.69 Å². The summed E-state index contributed by atoms with van der Waals surface area (Å²) in [5, 5.41) is 2.04. The molecule has 4 aromatic rings. The summed E-state index contributed by atoms with van der Waals surface area (Å²) in [6.07, 6.45) is 0.812. The monoisotopic (exact) mass is 374 g/mol. The lowest BCUT2D eigenvalue weighted by atomic mass is 10.0. The number of aromatic nitrogens is 3. The highest BCUT2D eigenvalue weighted by molar-refractivity contribution is 6.14. The van der Waals surface area contributed by atoms with Crippen molar-refractivity contribution in [2.45, 2.75) is 34.1 Å². The second kappa shape index (κ2) is 6.91. The molecule has 0 bridgehead atoms. The number of hydrogen-bond acceptors (Lipinski definition) is 4. The fourth-order valence-electron chi connectivity index (χ4n) is 4.33. The molecule has 0 aliphatic carbocycles. The fourth-order valence-corrected chi connectivity index (χ4v) is 4.33. The topological polar surface area (TPSA) is 66.0 Å². The molecular weight excluding hydrogens is 348 g/mol. The van der Waals surface area contributed by atoms with Crippen LogP contribution in [0.5, 0.6) is 0 Å². The van der Waals surface area contributed by atoms with Crippen molar-refractivity contribution in [2.75, 3.05) is 19.5 Å². The number of anilines is 1. The number of nitrogens with two attached hydrogens (primary N) is 1. The zero-order valence-corrected chi connectivity index (χ0v) is 17.1. The van der Waals surface area contributed by atoms with Crippen LogP contribution in [0.2, 0.25) is 0 Å². The van der Waals surface area contributed by atoms with Gasteiger partial charge in [-0.15, -0.1) is 0 Å². The van der Waals surface area contributed by atoms with Crippen LogP contribution in [0.3, 0.4) is 0 Å². The second-order valence-electron chi connectivity index (χ2n) is 7.49. The Hall–Kier alpha value is -2.92. The maximum absolute atomic E-state index is 6.42. The van der Waals surface area contributed by atoms with Gasteiger partial charge in [0.05, 0.1) is 23.2 Å². The number of aryl methyl sites for hydroxylation is 4. The third-order valence-electron chi connectivity index (χ3n) is 5.30. The predicted molar refractivity (Wildman–Crippen MR) is 115 cm³/mol. The van der Waals surface area contributed by atoms with E-state index in [9.17, 15) is 0 Å². The molecule has 0 amide bonds. The van der Waals surface area contributed by atoms with Gasteiger partial charge in [-0.2, -0.15) is 0 Å². The van der Waals surface area contributed by atoms with Gasteiger partial charge >= 0.3 is 0 Å². The summed E-state index contributed by atoms with van der Waals surface area (Å²) in [5.41, 5.74) is 14.4. The van der Waals surface area contributed by atoms with Gasteiger partial charge < -0.3 is 10.5 Å². The third-order valence-corrected chi connectivity index (χ3v) is 5.30. The van der Waals surface area contributed by atoms with Crippen LogP contribution in [0.1, 0.15) is 28.1 Å². The molecule has 2 aromatic heterocycles. The molecule has 144 valence electrons. The average Bonchev–Trinajstić information content (AvgIpc) is 2.94. The van der Waals surface area contributed by atoms with Gasteiger partial charge in [0.1, 0.15) is 11.6 Å². The minimum Gasteiger partial charge on any atom is -0.384 e. The van der Waals surface area contributed by atoms with Gasteiger partial charge in [-0.1, -0.05) is 29.8 Å². The van der Waals surface area contributed by atoms with Crippen LogP contribution < -0.4 is 5.73 Å². The number of ether oxygens (including phenoxy) is 1. The number of methoxy groups -OCH3 is 1. The predicted octanol–water partition coefficient (Wildman–Crippen LogP) is 4.58. The van der Waals surface area contributed by atoms with E-state index in [4.69, 9.17) is 15.5 Å². The molecule has 0 aliphatic heterocycles. The lowest BCUT2D eigenvalue weighted by molar-refractivity contribution is 0.202. The van der Waals surface area contributed by atoms with Gasteiger partial charge in [0.15, 0.2) is 5.65 Å². The van der Waals surface area contributed by atoms with Crippen molar-refractivity contribution in [1.82, 2.24) is 14.5 Å². The van der Waals surface area contributed by atoms with E-state index >= 15 is 0 Å². The van der Waals surface area contributed by atoms with Crippen molar-refractivity contribution in [3.05, 3.63) is 58.4 Å². The molecule has 0 saturated carbocycles. The van der Waals surface area contributed by atoms with Crippen molar-refractivity contribution < 1.29 is 4.74 Å². The summed E-state index contributed by atoms with van der Waals surface area (Å²) in [6.45, 7) is 8.97. The van der Waals surface area contributed by atoms with E-state index in [1.54, 1.807) is 7.11 Å². The Morgan fingerprint density at radius 1 is 1.00 bits per heavy atom. The third kappa shape index (κ3) is 2.83. The number of nitrogens with zero attached hydrogens (tertiary/aromatic N) is 3. The zero-order valence-electron chi connectivity index (χ0n) is 17.1. The number of nitrogen functional groups attached to an aromatic ring is 1. The second-order valence-corrected chi connectivity index (χ2v) is 7.49. The Balaban J connectivity index is 2.20. The minimum atomic E-state index is 0.526. The van der Waals surface area contributed by atoms with Crippen LogP contribution in [0.15, 0.2) is 30.3 Å². The van der Waals surface area contributed by atoms with E-state index in [-0.39, 0.29) is 0 Å². The van der Waals surface area contributed by atoms with Gasteiger partial charge in [-0.3, -0.25) is 4.57 Å².